The van der Waals surface area contributed by atoms with Crippen LogP contribution in [0.3, 0.4) is 0 Å². The Hall–Kier alpha value is -3.04. The van der Waals surface area contributed by atoms with E-state index in [4.69, 9.17) is 22.2 Å². The molecule has 0 spiro atoms. The lowest BCUT2D eigenvalue weighted by molar-refractivity contribution is -0.121. The van der Waals surface area contributed by atoms with E-state index in [0.29, 0.717) is 57.7 Å². The van der Waals surface area contributed by atoms with E-state index in [1.54, 1.807) is 12.1 Å². The van der Waals surface area contributed by atoms with Crippen LogP contribution in [0.25, 0.3) is 0 Å². The molecule has 0 aliphatic carbocycles. The second-order valence-electron chi connectivity index (χ2n) is 7.25. The highest BCUT2D eigenvalue weighted by Gasteiger charge is 2.25. The third-order valence-corrected chi connectivity index (χ3v) is 4.89. The Balaban J connectivity index is 2.69. The maximum absolute atomic E-state index is 13.2. The zero-order valence-corrected chi connectivity index (χ0v) is 20.2. The summed E-state index contributed by atoms with van der Waals surface area (Å²) in [5.41, 5.74) is 0.590. The summed E-state index contributed by atoms with van der Waals surface area (Å²) in [5.74, 6) is 4.91. The fourth-order valence-electron chi connectivity index (χ4n) is 2.92. The van der Waals surface area contributed by atoms with Gasteiger partial charge in [-0.05, 0) is 12.5 Å². The van der Waals surface area contributed by atoms with Crippen molar-refractivity contribution >= 4 is 32.4 Å². The minimum absolute atomic E-state index is 0.0827. The predicted molar refractivity (Wildman–Crippen MR) is 130 cm³/mol. The number of rotatable bonds is 17. The third kappa shape index (κ3) is 11.3. The molecule has 0 heterocycles. The smallest absolute Gasteiger partial charge is 0.256 e. The van der Waals surface area contributed by atoms with Gasteiger partial charge in [0.1, 0.15) is 12.9 Å². The number of nitrogens with one attached hydrogen (secondary N) is 2. The number of nitrogens with zero attached hydrogens (tertiary/aromatic N) is 1. The maximum atomic E-state index is 13.2. The lowest BCUT2D eigenvalue weighted by Crippen LogP contribution is -2.39. The average molecular weight is 485 g/mol. The topological polar surface area (TPSA) is 123 Å². The number of ether oxygens (including phenoxy) is 3. The maximum Gasteiger partial charge on any atom is 0.256 e. The molecule has 1 aromatic carbocycles. The normalized spacial score (nSPS) is 11.1. The summed E-state index contributed by atoms with van der Waals surface area (Å²) in [6.07, 6.45) is 1.41. The summed E-state index contributed by atoms with van der Waals surface area (Å²) in [4.78, 5) is 49.0. The molecule has 0 saturated heterocycles. The molecule has 0 aromatic heterocycles. The van der Waals surface area contributed by atoms with Crippen LogP contribution >= 0.6 is 0 Å². The van der Waals surface area contributed by atoms with E-state index in [1.165, 1.54) is 25.1 Å². The summed E-state index contributed by atoms with van der Waals surface area (Å²) in [5, 5.41) is 4.96. The highest BCUT2D eigenvalue weighted by Crippen LogP contribution is 2.17. The third-order valence-electron chi connectivity index (χ3n) is 4.89. The number of amides is 2. The molecular formula is C24H32BN3O7. The molecule has 188 valence electrons. The molecule has 1 atom stereocenters. The summed E-state index contributed by atoms with van der Waals surface area (Å²) in [7, 11) is 8.08. The highest BCUT2D eigenvalue weighted by molar-refractivity contribution is 6.04. The van der Waals surface area contributed by atoms with Crippen molar-refractivity contribution in [2.24, 2.45) is 0 Å². The molecule has 35 heavy (non-hydrogen) atoms. The molecule has 2 radical (unpaired) electrons. The van der Waals surface area contributed by atoms with Gasteiger partial charge in [-0.2, -0.15) is 0 Å². The minimum Gasteiger partial charge on any atom is -0.378 e. The first-order valence-electron chi connectivity index (χ1n) is 11.2. The molecule has 0 fully saturated rings. The standard InChI is InChI=1S/C24H32BN3O7/c1-26-22(31)9-8-21(18-30)28(2)24(32)23-19(5-3-6-20(23)17-29)7-4-11-33-13-15-35-16-14-34-12-10-27-25/h3,5-6,17-18,21,27H,8-16H2,1-2H3,(H,26,31). The number of aldehydes is 2. The second-order valence-corrected chi connectivity index (χ2v) is 7.25. The number of hydrogen-bond acceptors (Lipinski definition) is 8. The van der Waals surface area contributed by atoms with Gasteiger partial charge in [0.05, 0.1) is 44.6 Å². The van der Waals surface area contributed by atoms with E-state index in [9.17, 15) is 19.2 Å². The van der Waals surface area contributed by atoms with Crippen LogP contribution in [0, 0.1) is 11.8 Å². The van der Waals surface area contributed by atoms with Crippen LogP contribution in [-0.4, -0.2) is 104 Å². The SMILES string of the molecule is [B]NCCOCCOCCOCC#Cc1cccc(C=O)c1C(=O)N(C)C(C=O)CCC(=O)NC. The molecule has 0 bridgehead atoms. The van der Waals surface area contributed by atoms with Crippen LogP contribution in [0.1, 0.15) is 39.1 Å². The summed E-state index contributed by atoms with van der Waals surface area (Å²) in [6, 6.07) is 3.91. The largest absolute Gasteiger partial charge is 0.378 e. The van der Waals surface area contributed by atoms with Crippen molar-refractivity contribution in [1.82, 2.24) is 15.4 Å². The van der Waals surface area contributed by atoms with Gasteiger partial charge >= 0.3 is 0 Å². The molecule has 0 aliphatic heterocycles. The molecule has 11 heteroatoms. The first kappa shape index (κ1) is 30.0. The summed E-state index contributed by atoms with van der Waals surface area (Å²) in [6.45, 7) is 2.76. The molecule has 1 unspecified atom stereocenters. The van der Waals surface area contributed by atoms with Crippen LogP contribution < -0.4 is 10.5 Å². The number of carbonyl (C=O) groups excluding carboxylic acids is 4. The van der Waals surface area contributed by atoms with Gasteiger partial charge in [-0.15, -0.1) is 0 Å². The molecule has 0 saturated carbocycles. The molecule has 1 rings (SSSR count). The predicted octanol–water partition coefficient (Wildman–Crippen LogP) is -0.261. The van der Waals surface area contributed by atoms with Crippen molar-refractivity contribution in [1.29, 1.82) is 0 Å². The summed E-state index contributed by atoms with van der Waals surface area (Å²) < 4.78 is 16.0. The Bertz CT molecular complexity index is 886. The molecule has 10 nitrogen and oxygen atoms in total. The number of hydrogen-bond donors (Lipinski definition) is 2. The van der Waals surface area contributed by atoms with Crippen molar-refractivity contribution in [2.45, 2.75) is 18.9 Å². The average Bonchev–Trinajstić information content (AvgIpc) is 2.88. The van der Waals surface area contributed by atoms with E-state index >= 15 is 0 Å². The van der Waals surface area contributed by atoms with Crippen LogP contribution in [0.15, 0.2) is 18.2 Å². The van der Waals surface area contributed by atoms with E-state index in [-0.39, 0.29) is 36.5 Å². The Morgan fingerprint density at radius 2 is 1.80 bits per heavy atom. The zero-order chi connectivity index (χ0) is 25.9. The van der Waals surface area contributed by atoms with Gasteiger partial charge in [0.25, 0.3) is 5.91 Å². The van der Waals surface area contributed by atoms with Crippen LogP contribution in [0.2, 0.25) is 0 Å². The van der Waals surface area contributed by atoms with Gasteiger partial charge in [0.2, 0.25) is 5.91 Å². The van der Waals surface area contributed by atoms with Gasteiger partial charge in [-0.1, -0.05) is 24.0 Å². The Kier molecular flexibility index (Phi) is 15.7. The molecular weight excluding hydrogens is 453 g/mol. The van der Waals surface area contributed by atoms with E-state index in [1.807, 2.05) is 0 Å². The Morgan fingerprint density at radius 3 is 2.43 bits per heavy atom. The number of benzene rings is 1. The monoisotopic (exact) mass is 485 g/mol. The van der Waals surface area contributed by atoms with E-state index < -0.39 is 11.9 Å². The fourth-order valence-corrected chi connectivity index (χ4v) is 2.92. The highest BCUT2D eigenvalue weighted by atomic mass is 16.5. The summed E-state index contributed by atoms with van der Waals surface area (Å²) >= 11 is 0. The van der Waals surface area contributed by atoms with Gasteiger partial charge in [0, 0.05) is 38.2 Å². The fraction of sp³-hybridized carbons (Fsp3) is 0.500. The molecule has 0 aliphatic rings. The lowest BCUT2D eigenvalue weighted by atomic mass is 9.99. The first-order chi connectivity index (χ1) is 17.0. The van der Waals surface area contributed by atoms with Crippen LogP contribution in [0.5, 0.6) is 0 Å². The first-order valence-corrected chi connectivity index (χ1v) is 11.2. The van der Waals surface area contributed by atoms with Crippen molar-refractivity contribution in [3.05, 3.63) is 34.9 Å². The van der Waals surface area contributed by atoms with Crippen LogP contribution in [0.4, 0.5) is 0 Å². The lowest BCUT2D eigenvalue weighted by Gasteiger charge is -2.24. The molecule has 2 N–H and O–H groups in total. The van der Waals surface area contributed by atoms with Gasteiger partial charge in [-0.25, -0.2) is 0 Å². The van der Waals surface area contributed by atoms with E-state index in [2.05, 4.69) is 22.4 Å². The Morgan fingerprint density at radius 1 is 1.11 bits per heavy atom. The van der Waals surface area contributed by atoms with Crippen molar-refractivity contribution < 1.29 is 33.4 Å². The number of likely N-dealkylation sites (N-methyl/N-ethyl adjacent to an activating group) is 1. The molecule has 2 amide bonds. The van der Waals surface area contributed by atoms with Gasteiger partial charge in [0.15, 0.2) is 14.3 Å². The van der Waals surface area contributed by atoms with Gasteiger partial charge < -0.3 is 34.4 Å². The number of carbonyl (C=O) groups is 4. The second kappa shape index (κ2) is 18.3. The quantitative estimate of drug-likeness (QED) is 0.134. The molecule has 1 aromatic rings. The zero-order valence-electron chi connectivity index (χ0n) is 20.2. The van der Waals surface area contributed by atoms with Crippen molar-refractivity contribution in [3.8, 4) is 11.8 Å². The van der Waals surface area contributed by atoms with Crippen molar-refractivity contribution in [2.75, 3.05) is 60.3 Å². The van der Waals surface area contributed by atoms with E-state index in [0.717, 1.165) is 0 Å². The van der Waals surface area contributed by atoms with Crippen molar-refractivity contribution in [3.63, 3.8) is 0 Å². The van der Waals surface area contributed by atoms with Crippen LogP contribution in [-0.2, 0) is 23.8 Å². The van der Waals surface area contributed by atoms with Gasteiger partial charge in [-0.3, -0.25) is 14.4 Å². The Labute approximate surface area is 207 Å². The minimum atomic E-state index is -0.827.